The number of aromatic amines is 1. The van der Waals surface area contributed by atoms with Gasteiger partial charge in [-0.1, -0.05) is 6.07 Å². The van der Waals surface area contributed by atoms with Gasteiger partial charge in [0.1, 0.15) is 22.2 Å². The lowest BCUT2D eigenvalue weighted by Crippen LogP contribution is -2.26. The first-order chi connectivity index (χ1) is 17.8. The maximum absolute atomic E-state index is 14.2. The predicted molar refractivity (Wildman–Crippen MR) is 137 cm³/mol. The van der Waals surface area contributed by atoms with Gasteiger partial charge in [-0.05, 0) is 61.8 Å². The molecule has 2 aromatic carbocycles. The van der Waals surface area contributed by atoms with Crippen LogP contribution in [0, 0.1) is 11.6 Å². The van der Waals surface area contributed by atoms with Gasteiger partial charge in [-0.15, -0.1) is 0 Å². The molecule has 1 aliphatic rings. The first-order valence-corrected chi connectivity index (χ1v) is 13.3. The van der Waals surface area contributed by atoms with E-state index in [1.54, 1.807) is 6.20 Å². The molecule has 0 amide bonds. The highest BCUT2D eigenvalue weighted by molar-refractivity contribution is 7.92. The molecule has 1 saturated heterocycles. The van der Waals surface area contributed by atoms with Crippen molar-refractivity contribution in [3.05, 3.63) is 60.3 Å². The lowest BCUT2D eigenvalue weighted by molar-refractivity contribution is 0.352. The number of nitrogens with zero attached hydrogens (tertiary/aromatic N) is 3. The molecule has 5 rings (SSSR count). The number of pyridine rings is 1. The van der Waals surface area contributed by atoms with Gasteiger partial charge in [0.05, 0.1) is 18.1 Å². The van der Waals surface area contributed by atoms with Crippen LogP contribution in [0.2, 0.25) is 0 Å². The Labute approximate surface area is 212 Å². The number of halogens is 2. The van der Waals surface area contributed by atoms with Crippen LogP contribution in [-0.4, -0.2) is 61.6 Å². The molecule has 3 heterocycles. The maximum Gasteiger partial charge on any atom is 0.264 e. The number of benzene rings is 2. The van der Waals surface area contributed by atoms with Crippen LogP contribution in [0.25, 0.3) is 22.2 Å². The van der Waals surface area contributed by atoms with Crippen molar-refractivity contribution in [2.45, 2.75) is 17.7 Å². The van der Waals surface area contributed by atoms with Crippen LogP contribution in [0.4, 0.5) is 20.4 Å². The van der Waals surface area contributed by atoms with Gasteiger partial charge in [0, 0.05) is 30.9 Å². The Kier molecular flexibility index (Phi) is 6.94. The van der Waals surface area contributed by atoms with Crippen molar-refractivity contribution in [2.24, 2.45) is 0 Å². The Balaban J connectivity index is 1.38. The fraction of sp³-hybridized carbons (Fsp3) is 0.280. The van der Waals surface area contributed by atoms with Crippen molar-refractivity contribution in [2.75, 3.05) is 43.3 Å². The highest BCUT2D eigenvalue weighted by atomic mass is 32.2. The Hall–Kier alpha value is -3.77. The van der Waals surface area contributed by atoms with Crippen molar-refractivity contribution >= 4 is 32.7 Å². The van der Waals surface area contributed by atoms with E-state index in [1.165, 1.54) is 26.0 Å². The number of hydrogen-bond donors (Lipinski definition) is 3. The molecule has 0 radical (unpaired) electrons. The second-order valence-electron chi connectivity index (χ2n) is 8.75. The zero-order chi connectivity index (χ0) is 26.0. The molecule has 0 bridgehead atoms. The minimum absolute atomic E-state index is 0.00181. The van der Waals surface area contributed by atoms with E-state index in [2.05, 4.69) is 29.9 Å². The first kappa shape index (κ1) is 24.9. The third-order valence-corrected chi connectivity index (χ3v) is 7.61. The summed E-state index contributed by atoms with van der Waals surface area (Å²) in [4.78, 5) is 13.8. The molecule has 1 fully saturated rings. The second-order valence-corrected chi connectivity index (χ2v) is 10.4. The molecule has 9 nitrogen and oxygen atoms in total. The monoisotopic (exact) mass is 528 g/mol. The van der Waals surface area contributed by atoms with Crippen LogP contribution < -0.4 is 14.8 Å². The van der Waals surface area contributed by atoms with Gasteiger partial charge in [0.2, 0.25) is 11.8 Å². The molecule has 0 unspecified atom stereocenters. The van der Waals surface area contributed by atoms with Crippen molar-refractivity contribution in [3.63, 3.8) is 0 Å². The first-order valence-electron chi connectivity index (χ1n) is 11.8. The Morgan fingerprint density at radius 1 is 1.08 bits per heavy atom. The fourth-order valence-corrected chi connectivity index (χ4v) is 5.46. The molecule has 0 aliphatic carbocycles. The molecular formula is C25H26F2N6O3S. The zero-order valence-electron chi connectivity index (χ0n) is 20.1. The standard InChI is InChI=1S/C25H26F2N6O3S/c1-36-24-22(32-37(34,35)23-7-5-18(26)14-19(23)27)13-17(15-29-24)16-4-6-20-21(12-16)31-25(30-20)28-8-11-33-9-2-3-10-33/h4-7,12-15,32H,2-3,8-11H2,1H3,(H2,28,30,31). The summed E-state index contributed by atoms with van der Waals surface area (Å²) in [5.74, 6) is -1.40. The van der Waals surface area contributed by atoms with Crippen molar-refractivity contribution in [1.82, 2.24) is 19.9 Å². The van der Waals surface area contributed by atoms with Gasteiger partial charge in [0.15, 0.2) is 0 Å². The van der Waals surface area contributed by atoms with E-state index >= 15 is 0 Å². The zero-order valence-corrected chi connectivity index (χ0v) is 20.9. The lowest BCUT2D eigenvalue weighted by Gasteiger charge is -2.14. The van der Waals surface area contributed by atoms with Crippen molar-refractivity contribution in [3.8, 4) is 17.0 Å². The number of aromatic nitrogens is 3. The third-order valence-electron chi connectivity index (χ3n) is 6.21. The van der Waals surface area contributed by atoms with Gasteiger partial charge in [-0.3, -0.25) is 4.72 Å². The summed E-state index contributed by atoms with van der Waals surface area (Å²) < 4.78 is 60.6. The number of hydrogen-bond acceptors (Lipinski definition) is 7. The molecule has 0 saturated carbocycles. The molecule has 194 valence electrons. The molecule has 0 atom stereocenters. The molecule has 1 aliphatic heterocycles. The van der Waals surface area contributed by atoms with Crippen LogP contribution in [-0.2, 0) is 10.0 Å². The molecular weight excluding hydrogens is 502 g/mol. The summed E-state index contributed by atoms with van der Waals surface area (Å²) in [7, 11) is -3.04. The average molecular weight is 529 g/mol. The van der Waals surface area contributed by atoms with E-state index in [4.69, 9.17) is 4.74 Å². The topological polar surface area (TPSA) is 112 Å². The number of methoxy groups -OCH3 is 1. The molecule has 37 heavy (non-hydrogen) atoms. The number of imidazole rings is 1. The van der Waals surface area contributed by atoms with Crippen LogP contribution in [0.15, 0.2) is 53.6 Å². The van der Waals surface area contributed by atoms with Gasteiger partial charge >= 0.3 is 0 Å². The summed E-state index contributed by atoms with van der Waals surface area (Å²) in [5.41, 5.74) is 2.94. The van der Waals surface area contributed by atoms with Crippen LogP contribution in [0.5, 0.6) is 5.88 Å². The summed E-state index contributed by atoms with van der Waals surface area (Å²) in [6, 6.07) is 9.37. The number of nitrogens with one attached hydrogen (secondary N) is 3. The third kappa shape index (κ3) is 5.49. The second kappa shape index (κ2) is 10.3. The summed E-state index contributed by atoms with van der Waals surface area (Å²) in [6.45, 7) is 4.02. The van der Waals surface area contributed by atoms with E-state index < -0.39 is 26.6 Å². The quantitative estimate of drug-likeness (QED) is 0.298. The molecule has 2 aromatic heterocycles. The minimum Gasteiger partial charge on any atom is -0.480 e. The molecule has 4 aromatic rings. The average Bonchev–Trinajstić information content (AvgIpc) is 3.52. The van der Waals surface area contributed by atoms with E-state index in [0.29, 0.717) is 17.6 Å². The number of ether oxygens (including phenoxy) is 1. The van der Waals surface area contributed by atoms with E-state index in [-0.39, 0.29) is 11.6 Å². The van der Waals surface area contributed by atoms with Gasteiger partial charge in [-0.25, -0.2) is 27.2 Å². The van der Waals surface area contributed by atoms with Gasteiger partial charge in [-0.2, -0.15) is 0 Å². The highest BCUT2D eigenvalue weighted by Gasteiger charge is 2.22. The van der Waals surface area contributed by atoms with Crippen molar-refractivity contribution in [1.29, 1.82) is 0 Å². The van der Waals surface area contributed by atoms with E-state index in [1.807, 2.05) is 18.2 Å². The Morgan fingerprint density at radius 2 is 1.89 bits per heavy atom. The van der Waals surface area contributed by atoms with Gasteiger partial charge in [0.25, 0.3) is 10.0 Å². The predicted octanol–water partition coefficient (Wildman–Crippen LogP) is 4.22. The number of likely N-dealkylation sites (tertiary alicyclic amines) is 1. The van der Waals surface area contributed by atoms with E-state index in [0.717, 1.165) is 54.9 Å². The molecule has 12 heteroatoms. The lowest BCUT2D eigenvalue weighted by atomic mass is 10.1. The number of anilines is 2. The molecule has 3 N–H and O–H groups in total. The summed E-state index contributed by atoms with van der Waals surface area (Å²) in [6.07, 6.45) is 4.04. The SMILES string of the molecule is COc1ncc(-c2ccc3nc(NCCN4CCCC4)[nH]c3c2)cc1NS(=O)(=O)c1ccc(F)cc1F. The van der Waals surface area contributed by atoms with Crippen LogP contribution in [0.1, 0.15) is 12.8 Å². The van der Waals surface area contributed by atoms with Crippen molar-refractivity contribution < 1.29 is 21.9 Å². The summed E-state index contributed by atoms with van der Waals surface area (Å²) in [5, 5.41) is 3.33. The van der Waals surface area contributed by atoms with E-state index in [9.17, 15) is 17.2 Å². The summed E-state index contributed by atoms with van der Waals surface area (Å²) >= 11 is 0. The largest absolute Gasteiger partial charge is 0.480 e. The Morgan fingerprint density at radius 3 is 2.65 bits per heavy atom. The number of H-pyrrole nitrogens is 1. The maximum atomic E-state index is 14.2. The number of rotatable bonds is 9. The highest BCUT2D eigenvalue weighted by Crippen LogP contribution is 2.32. The normalized spacial score (nSPS) is 14.2. The smallest absolute Gasteiger partial charge is 0.264 e. The number of fused-ring (bicyclic) bond motifs is 1. The molecule has 0 spiro atoms. The van der Waals surface area contributed by atoms with Gasteiger partial charge < -0.3 is 19.9 Å². The van der Waals surface area contributed by atoms with Crippen LogP contribution >= 0.6 is 0 Å². The fourth-order valence-electron chi connectivity index (χ4n) is 4.35. The minimum atomic E-state index is -4.38. The van der Waals surface area contributed by atoms with Crippen LogP contribution in [0.3, 0.4) is 0 Å². The Bertz CT molecular complexity index is 1540. The number of sulfonamides is 1.